The summed E-state index contributed by atoms with van der Waals surface area (Å²) in [5.41, 5.74) is 0. The van der Waals surface area contributed by atoms with Crippen molar-refractivity contribution in [3.8, 4) is 0 Å². The SMILES string of the molecule is Clc1cc[c-]nc1.[Cl-].[Mg+2]. The van der Waals surface area contributed by atoms with Crippen LogP contribution in [-0.4, -0.2) is 28.0 Å². The topological polar surface area (TPSA) is 12.9 Å². The normalized spacial score (nSPS) is 6.78. The maximum atomic E-state index is 5.46. The molecule has 0 atom stereocenters. The third-order valence-corrected chi connectivity index (χ3v) is 0.803. The molecule has 1 rings (SSSR count). The predicted molar refractivity (Wildman–Crippen MR) is 33.8 cm³/mol. The molecule has 0 N–H and O–H groups in total. The van der Waals surface area contributed by atoms with Crippen LogP contribution in [0.15, 0.2) is 18.3 Å². The van der Waals surface area contributed by atoms with Gasteiger partial charge in [0.25, 0.3) is 0 Å². The third-order valence-electron chi connectivity index (χ3n) is 0.580. The summed E-state index contributed by atoms with van der Waals surface area (Å²) in [5.74, 6) is 0. The van der Waals surface area contributed by atoms with Crippen LogP contribution in [-0.2, 0) is 0 Å². The summed E-state index contributed by atoms with van der Waals surface area (Å²) in [6, 6.07) is 3.40. The van der Waals surface area contributed by atoms with Crippen LogP contribution in [0.4, 0.5) is 0 Å². The molecule has 0 radical (unpaired) electrons. The van der Waals surface area contributed by atoms with Gasteiger partial charge in [0.1, 0.15) is 0 Å². The minimum absolute atomic E-state index is 0. The van der Waals surface area contributed by atoms with Crippen molar-refractivity contribution in [1.82, 2.24) is 4.98 Å². The molecule has 9 heavy (non-hydrogen) atoms. The van der Waals surface area contributed by atoms with Crippen LogP contribution in [0.1, 0.15) is 0 Å². The van der Waals surface area contributed by atoms with Crippen molar-refractivity contribution in [3.05, 3.63) is 29.5 Å². The number of halogens is 2. The molecule has 0 saturated heterocycles. The summed E-state index contributed by atoms with van der Waals surface area (Å²) in [4.78, 5) is 3.63. The molecular weight excluding hydrogens is 169 g/mol. The van der Waals surface area contributed by atoms with Crippen molar-refractivity contribution in [2.75, 3.05) is 0 Å². The van der Waals surface area contributed by atoms with Crippen molar-refractivity contribution in [1.29, 1.82) is 0 Å². The Morgan fingerprint density at radius 2 is 2.22 bits per heavy atom. The summed E-state index contributed by atoms with van der Waals surface area (Å²) in [5, 5.41) is 0.652. The summed E-state index contributed by atoms with van der Waals surface area (Å²) in [6.45, 7) is 0. The number of hydrogen-bond acceptors (Lipinski definition) is 1. The van der Waals surface area contributed by atoms with E-state index in [0.29, 0.717) is 5.02 Å². The Balaban J connectivity index is 0. The molecule has 0 aromatic carbocycles. The first-order chi connectivity index (χ1) is 3.39. The molecule has 44 valence electrons. The first-order valence-electron chi connectivity index (χ1n) is 1.87. The fourth-order valence-electron chi connectivity index (χ4n) is 0.302. The molecule has 1 heterocycles. The van der Waals surface area contributed by atoms with E-state index in [2.05, 4.69) is 11.2 Å². The second kappa shape index (κ2) is 6.61. The molecule has 0 amide bonds. The minimum atomic E-state index is 0. The average Bonchev–Trinajstić information content (AvgIpc) is 1.69. The number of nitrogens with zero attached hydrogens (tertiary/aromatic N) is 1. The zero-order valence-electron chi connectivity index (χ0n) is 4.64. The summed E-state index contributed by atoms with van der Waals surface area (Å²) in [7, 11) is 0. The van der Waals surface area contributed by atoms with Crippen LogP contribution >= 0.6 is 11.6 Å². The van der Waals surface area contributed by atoms with Crippen LogP contribution in [0, 0.1) is 6.20 Å². The molecule has 0 fully saturated rings. The second-order valence-electron chi connectivity index (χ2n) is 1.11. The molecule has 0 aliphatic heterocycles. The Hall–Kier alpha value is 0.496. The molecule has 4 heteroatoms. The van der Waals surface area contributed by atoms with E-state index in [1.54, 1.807) is 18.3 Å². The van der Waals surface area contributed by atoms with E-state index < -0.39 is 0 Å². The fraction of sp³-hybridized carbons (Fsp3) is 0. The van der Waals surface area contributed by atoms with Gasteiger partial charge in [-0.3, -0.25) is 0 Å². The first-order valence-corrected chi connectivity index (χ1v) is 2.25. The van der Waals surface area contributed by atoms with E-state index in [4.69, 9.17) is 11.6 Å². The Bertz CT molecular complexity index is 145. The van der Waals surface area contributed by atoms with Gasteiger partial charge in [-0.05, 0) is 0 Å². The smallest absolute Gasteiger partial charge is 1.00 e. The van der Waals surface area contributed by atoms with Gasteiger partial charge >= 0.3 is 23.1 Å². The molecule has 0 unspecified atom stereocenters. The standard InChI is InChI=1S/C5H3ClN.ClH.Mg/c6-5-2-1-3-7-4-5;;/h1-2,4H;1H;/q-1;;+2/p-1. The van der Waals surface area contributed by atoms with Crippen molar-refractivity contribution in [3.63, 3.8) is 0 Å². The number of aromatic nitrogens is 1. The molecule has 0 aliphatic carbocycles. The van der Waals surface area contributed by atoms with Gasteiger partial charge < -0.3 is 17.4 Å². The molecule has 0 aliphatic rings. The Morgan fingerprint density at radius 1 is 1.56 bits per heavy atom. The van der Waals surface area contributed by atoms with Crippen LogP contribution in [0.2, 0.25) is 5.02 Å². The molecule has 0 spiro atoms. The fourth-order valence-corrected chi connectivity index (χ4v) is 0.414. The Labute approximate surface area is 81.4 Å². The van der Waals surface area contributed by atoms with Gasteiger partial charge in [-0.1, -0.05) is 17.4 Å². The van der Waals surface area contributed by atoms with Crippen molar-refractivity contribution in [2.45, 2.75) is 0 Å². The number of hydrogen-bond donors (Lipinski definition) is 0. The maximum Gasteiger partial charge on any atom is 2.00 e. The molecule has 1 aromatic heterocycles. The van der Waals surface area contributed by atoms with Gasteiger partial charge in [0.15, 0.2) is 0 Å². The summed E-state index contributed by atoms with van der Waals surface area (Å²) >= 11 is 5.46. The van der Waals surface area contributed by atoms with Gasteiger partial charge in [-0.2, -0.15) is 6.07 Å². The molecule has 0 saturated carbocycles. The molecular formula is C5H3Cl2MgN. The van der Waals surface area contributed by atoms with Crippen molar-refractivity contribution >= 4 is 34.7 Å². The van der Waals surface area contributed by atoms with Crippen molar-refractivity contribution in [2.24, 2.45) is 0 Å². The summed E-state index contributed by atoms with van der Waals surface area (Å²) in [6.07, 6.45) is 4.14. The van der Waals surface area contributed by atoms with Crippen LogP contribution in [0.5, 0.6) is 0 Å². The van der Waals surface area contributed by atoms with E-state index >= 15 is 0 Å². The molecule has 1 nitrogen and oxygen atoms in total. The average molecular weight is 172 g/mol. The zero-order valence-corrected chi connectivity index (χ0v) is 7.57. The van der Waals surface area contributed by atoms with E-state index in [1.807, 2.05) is 0 Å². The third kappa shape index (κ3) is 4.97. The Morgan fingerprint density at radius 3 is 2.44 bits per heavy atom. The van der Waals surface area contributed by atoms with Gasteiger partial charge in [-0.15, -0.1) is 17.7 Å². The van der Waals surface area contributed by atoms with Gasteiger partial charge in [-0.25, -0.2) is 0 Å². The van der Waals surface area contributed by atoms with Gasteiger partial charge in [0, 0.05) is 0 Å². The Kier molecular flexibility index (Phi) is 8.96. The monoisotopic (exact) mass is 171 g/mol. The second-order valence-corrected chi connectivity index (χ2v) is 1.54. The largest absolute Gasteiger partial charge is 2.00 e. The number of rotatable bonds is 0. The van der Waals surface area contributed by atoms with E-state index in [-0.39, 0.29) is 35.5 Å². The van der Waals surface area contributed by atoms with Gasteiger partial charge in [0.05, 0.1) is 0 Å². The molecule has 1 aromatic rings. The van der Waals surface area contributed by atoms with Crippen molar-refractivity contribution < 1.29 is 12.4 Å². The molecule has 0 bridgehead atoms. The van der Waals surface area contributed by atoms with Crippen LogP contribution < -0.4 is 12.4 Å². The van der Waals surface area contributed by atoms with Gasteiger partial charge in [0.2, 0.25) is 0 Å². The zero-order chi connectivity index (χ0) is 5.11. The maximum absolute atomic E-state index is 5.46. The quantitative estimate of drug-likeness (QED) is 0.331. The van der Waals surface area contributed by atoms with Crippen LogP contribution in [0.25, 0.3) is 0 Å². The van der Waals surface area contributed by atoms with E-state index in [0.717, 1.165) is 0 Å². The van der Waals surface area contributed by atoms with E-state index in [9.17, 15) is 0 Å². The van der Waals surface area contributed by atoms with Crippen LogP contribution in [0.3, 0.4) is 0 Å². The minimum Gasteiger partial charge on any atom is -1.00 e. The number of pyridine rings is 1. The summed E-state index contributed by atoms with van der Waals surface area (Å²) < 4.78 is 0. The first kappa shape index (κ1) is 12.2. The predicted octanol–water partition coefficient (Wildman–Crippen LogP) is -1.84. The van der Waals surface area contributed by atoms with E-state index in [1.165, 1.54) is 0 Å².